The topological polar surface area (TPSA) is 39.1 Å². The molecule has 0 fully saturated rings. The summed E-state index contributed by atoms with van der Waals surface area (Å²) in [6.07, 6.45) is 1.93. The summed E-state index contributed by atoms with van der Waals surface area (Å²) in [4.78, 5) is 0. The Kier molecular flexibility index (Phi) is 4.22. The van der Waals surface area contributed by atoms with Crippen LogP contribution in [0.15, 0.2) is 30.5 Å². The van der Waals surface area contributed by atoms with Crippen molar-refractivity contribution in [2.75, 3.05) is 13.7 Å². The quantitative estimate of drug-likeness (QED) is 0.896. The molecule has 102 valence electrons. The van der Waals surface area contributed by atoms with Gasteiger partial charge >= 0.3 is 0 Å². The molecule has 0 radical (unpaired) electrons. The average Bonchev–Trinajstić information content (AvgIpc) is 2.76. The van der Waals surface area contributed by atoms with Crippen molar-refractivity contribution in [1.82, 2.24) is 15.1 Å². The SMILES string of the molecule is CCNC(c1ccccc1OC)c1cnn(C)c1C. The molecule has 0 amide bonds. The monoisotopic (exact) mass is 259 g/mol. The predicted octanol–water partition coefficient (Wildman–Crippen LogP) is 2.44. The second kappa shape index (κ2) is 5.89. The van der Waals surface area contributed by atoms with E-state index in [0.717, 1.165) is 23.6 Å². The summed E-state index contributed by atoms with van der Waals surface area (Å²) in [6, 6.07) is 8.22. The maximum Gasteiger partial charge on any atom is 0.123 e. The molecule has 0 saturated carbocycles. The van der Waals surface area contributed by atoms with E-state index >= 15 is 0 Å². The number of aromatic nitrogens is 2. The molecule has 1 atom stereocenters. The number of benzene rings is 1. The van der Waals surface area contributed by atoms with Crippen molar-refractivity contribution >= 4 is 0 Å². The van der Waals surface area contributed by atoms with Gasteiger partial charge in [0.15, 0.2) is 0 Å². The van der Waals surface area contributed by atoms with Crippen LogP contribution in [0.4, 0.5) is 0 Å². The molecular weight excluding hydrogens is 238 g/mol. The van der Waals surface area contributed by atoms with Gasteiger partial charge in [-0.2, -0.15) is 5.10 Å². The Morgan fingerprint density at radius 1 is 1.32 bits per heavy atom. The van der Waals surface area contributed by atoms with Gasteiger partial charge in [0.1, 0.15) is 5.75 Å². The van der Waals surface area contributed by atoms with Crippen molar-refractivity contribution in [2.24, 2.45) is 7.05 Å². The first-order valence-corrected chi connectivity index (χ1v) is 6.53. The summed E-state index contributed by atoms with van der Waals surface area (Å²) in [7, 11) is 3.67. The zero-order valence-electron chi connectivity index (χ0n) is 12.0. The van der Waals surface area contributed by atoms with Crippen molar-refractivity contribution in [3.8, 4) is 5.75 Å². The van der Waals surface area contributed by atoms with E-state index in [1.54, 1.807) is 7.11 Å². The maximum atomic E-state index is 5.47. The minimum atomic E-state index is 0.106. The summed E-state index contributed by atoms with van der Waals surface area (Å²) in [5.74, 6) is 0.900. The molecule has 2 aromatic rings. The zero-order valence-corrected chi connectivity index (χ0v) is 12.0. The van der Waals surface area contributed by atoms with Crippen LogP contribution in [0.1, 0.15) is 29.8 Å². The van der Waals surface area contributed by atoms with Crippen LogP contribution in [0, 0.1) is 6.92 Å². The van der Waals surface area contributed by atoms with Crippen LogP contribution in [0.25, 0.3) is 0 Å². The minimum absolute atomic E-state index is 0.106. The lowest BCUT2D eigenvalue weighted by molar-refractivity contribution is 0.404. The fourth-order valence-electron chi connectivity index (χ4n) is 2.30. The van der Waals surface area contributed by atoms with Crippen molar-refractivity contribution in [3.05, 3.63) is 47.3 Å². The van der Waals surface area contributed by atoms with Gasteiger partial charge in [-0.05, 0) is 19.5 Å². The summed E-state index contributed by atoms with van der Waals surface area (Å²) in [5, 5.41) is 7.85. The zero-order chi connectivity index (χ0) is 13.8. The van der Waals surface area contributed by atoms with E-state index in [0.29, 0.717) is 0 Å². The van der Waals surface area contributed by atoms with Gasteiger partial charge in [0.25, 0.3) is 0 Å². The molecule has 4 heteroatoms. The third-order valence-electron chi connectivity index (χ3n) is 3.44. The molecule has 0 aliphatic carbocycles. The van der Waals surface area contributed by atoms with Crippen LogP contribution in [0.2, 0.25) is 0 Å². The Balaban J connectivity index is 2.48. The van der Waals surface area contributed by atoms with Gasteiger partial charge in [-0.15, -0.1) is 0 Å². The van der Waals surface area contributed by atoms with Crippen LogP contribution in [0.3, 0.4) is 0 Å². The van der Waals surface area contributed by atoms with E-state index in [4.69, 9.17) is 4.74 Å². The molecule has 0 aliphatic heterocycles. The highest BCUT2D eigenvalue weighted by molar-refractivity contribution is 5.42. The molecule has 1 unspecified atom stereocenters. The van der Waals surface area contributed by atoms with E-state index in [-0.39, 0.29) is 6.04 Å². The average molecular weight is 259 g/mol. The number of para-hydroxylation sites is 1. The molecule has 0 spiro atoms. The van der Waals surface area contributed by atoms with E-state index in [2.05, 4.69) is 30.3 Å². The Bertz CT molecular complexity index is 548. The Labute approximate surface area is 114 Å². The third-order valence-corrected chi connectivity index (χ3v) is 3.44. The Morgan fingerprint density at radius 3 is 2.63 bits per heavy atom. The van der Waals surface area contributed by atoms with E-state index in [1.807, 2.05) is 36.1 Å². The molecule has 1 N–H and O–H groups in total. The highest BCUT2D eigenvalue weighted by Crippen LogP contribution is 2.31. The number of ether oxygens (including phenoxy) is 1. The fraction of sp³-hybridized carbons (Fsp3) is 0.400. The molecule has 1 aromatic carbocycles. The number of nitrogens with one attached hydrogen (secondary N) is 1. The molecule has 1 heterocycles. The molecular formula is C15H21N3O. The van der Waals surface area contributed by atoms with Crippen LogP contribution < -0.4 is 10.1 Å². The number of rotatable bonds is 5. The molecule has 0 aliphatic rings. The second-order valence-electron chi connectivity index (χ2n) is 4.54. The van der Waals surface area contributed by atoms with Crippen molar-refractivity contribution in [2.45, 2.75) is 19.9 Å². The molecule has 0 saturated heterocycles. The molecule has 19 heavy (non-hydrogen) atoms. The van der Waals surface area contributed by atoms with Gasteiger partial charge in [0, 0.05) is 23.9 Å². The number of aryl methyl sites for hydroxylation is 1. The lowest BCUT2D eigenvalue weighted by Gasteiger charge is -2.20. The second-order valence-corrected chi connectivity index (χ2v) is 4.54. The Hall–Kier alpha value is -1.81. The molecule has 4 nitrogen and oxygen atoms in total. The predicted molar refractivity (Wildman–Crippen MR) is 76.5 cm³/mol. The summed E-state index contributed by atoms with van der Waals surface area (Å²) in [5.41, 5.74) is 3.49. The number of nitrogens with zero attached hydrogens (tertiary/aromatic N) is 2. The molecule has 2 rings (SSSR count). The van der Waals surface area contributed by atoms with Gasteiger partial charge in [-0.25, -0.2) is 0 Å². The Morgan fingerprint density at radius 2 is 2.05 bits per heavy atom. The molecule has 0 bridgehead atoms. The lowest BCUT2D eigenvalue weighted by atomic mass is 9.98. The van der Waals surface area contributed by atoms with Gasteiger partial charge in [0.05, 0.1) is 19.3 Å². The highest BCUT2D eigenvalue weighted by atomic mass is 16.5. The van der Waals surface area contributed by atoms with E-state index in [1.165, 1.54) is 5.56 Å². The van der Waals surface area contributed by atoms with Crippen LogP contribution in [-0.2, 0) is 7.05 Å². The standard InChI is InChI=1S/C15H21N3O/c1-5-16-15(13-10-17-18(3)11(13)2)12-8-6-7-9-14(12)19-4/h6-10,15-16H,5H2,1-4H3. The van der Waals surface area contributed by atoms with Gasteiger partial charge in [-0.1, -0.05) is 25.1 Å². The highest BCUT2D eigenvalue weighted by Gasteiger charge is 2.20. The van der Waals surface area contributed by atoms with E-state index < -0.39 is 0 Å². The number of methoxy groups -OCH3 is 1. The molecule has 1 aromatic heterocycles. The summed E-state index contributed by atoms with van der Waals surface area (Å²) in [6.45, 7) is 5.08. The summed E-state index contributed by atoms with van der Waals surface area (Å²) < 4.78 is 7.37. The van der Waals surface area contributed by atoms with Gasteiger partial charge < -0.3 is 10.1 Å². The summed E-state index contributed by atoms with van der Waals surface area (Å²) >= 11 is 0. The number of hydrogen-bond donors (Lipinski definition) is 1. The smallest absolute Gasteiger partial charge is 0.123 e. The van der Waals surface area contributed by atoms with Crippen LogP contribution >= 0.6 is 0 Å². The fourth-order valence-corrected chi connectivity index (χ4v) is 2.30. The van der Waals surface area contributed by atoms with Gasteiger partial charge in [0.2, 0.25) is 0 Å². The third kappa shape index (κ3) is 2.63. The normalized spacial score (nSPS) is 12.4. The van der Waals surface area contributed by atoms with Crippen molar-refractivity contribution < 1.29 is 4.74 Å². The van der Waals surface area contributed by atoms with Crippen molar-refractivity contribution in [1.29, 1.82) is 0 Å². The first-order valence-electron chi connectivity index (χ1n) is 6.53. The minimum Gasteiger partial charge on any atom is -0.496 e. The first kappa shape index (κ1) is 13.6. The van der Waals surface area contributed by atoms with E-state index in [9.17, 15) is 0 Å². The van der Waals surface area contributed by atoms with Crippen LogP contribution in [-0.4, -0.2) is 23.4 Å². The largest absolute Gasteiger partial charge is 0.496 e. The maximum absolute atomic E-state index is 5.47. The lowest BCUT2D eigenvalue weighted by Crippen LogP contribution is -2.23. The first-order chi connectivity index (χ1) is 9.19. The number of hydrogen-bond acceptors (Lipinski definition) is 3. The van der Waals surface area contributed by atoms with Gasteiger partial charge in [-0.3, -0.25) is 4.68 Å². The van der Waals surface area contributed by atoms with Crippen molar-refractivity contribution in [3.63, 3.8) is 0 Å². The van der Waals surface area contributed by atoms with Crippen LogP contribution in [0.5, 0.6) is 5.75 Å².